The van der Waals surface area contributed by atoms with Crippen LogP contribution in [0.5, 0.6) is 0 Å². The lowest BCUT2D eigenvalue weighted by molar-refractivity contribution is 0.173. The summed E-state index contributed by atoms with van der Waals surface area (Å²) in [5.41, 5.74) is 1.24. The number of carbonyl (C=O) groups is 1. The maximum absolute atomic E-state index is 12.3. The van der Waals surface area contributed by atoms with Gasteiger partial charge in [-0.05, 0) is 43.3 Å². The van der Waals surface area contributed by atoms with Crippen molar-refractivity contribution in [2.45, 2.75) is 11.8 Å². The van der Waals surface area contributed by atoms with E-state index in [1.165, 1.54) is 31.2 Å². The molecule has 26 heavy (non-hydrogen) atoms. The van der Waals surface area contributed by atoms with Crippen molar-refractivity contribution in [1.82, 2.24) is 19.4 Å². The van der Waals surface area contributed by atoms with Crippen LogP contribution in [0.3, 0.4) is 0 Å². The van der Waals surface area contributed by atoms with E-state index < -0.39 is 16.1 Å². The highest BCUT2D eigenvalue weighted by Gasteiger charge is 2.27. The lowest BCUT2D eigenvalue weighted by Gasteiger charge is -2.17. The monoisotopic (exact) mass is 374 g/mol. The molecule has 0 saturated carbocycles. The Hall–Kier alpha value is -3.27. The number of aromatic nitrogens is 3. The molecule has 1 amide bonds. The summed E-state index contributed by atoms with van der Waals surface area (Å²) in [7, 11) is -4.12. The molecule has 3 rings (SSSR count). The second-order valence-corrected chi connectivity index (χ2v) is 7.00. The van der Waals surface area contributed by atoms with Crippen molar-refractivity contribution in [1.29, 1.82) is 0 Å². The quantitative estimate of drug-likeness (QED) is 0.722. The molecule has 0 saturated heterocycles. The van der Waals surface area contributed by atoms with Gasteiger partial charge in [-0.3, -0.25) is 4.98 Å². The van der Waals surface area contributed by atoms with Crippen molar-refractivity contribution in [2.24, 2.45) is 0 Å². The van der Waals surface area contributed by atoms with E-state index in [0.717, 1.165) is 0 Å². The van der Waals surface area contributed by atoms with Gasteiger partial charge in [-0.15, -0.1) is 0 Å². The van der Waals surface area contributed by atoms with Crippen LogP contribution in [-0.4, -0.2) is 45.6 Å². The molecule has 0 bridgehead atoms. The van der Waals surface area contributed by atoms with E-state index in [9.17, 15) is 13.2 Å². The van der Waals surface area contributed by atoms with Gasteiger partial charge in [0.2, 0.25) is 5.82 Å². The summed E-state index contributed by atoms with van der Waals surface area (Å²) in [6.07, 6.45) is 1.67. The molecule has 0 aliphatic heterocycles. The zero-order chi connectivity index (χ0) is 18.7. The molecular weight excluding hydrogens is 360 g/mol. The molecule has 2 aromatic heterocycles. The van der Waals surface area contributed by atoms with Crippen molar-refractivity contribution in [3.05, 3.63) is 48.8 Å². The van der Waals surface area contributed by atoms with E-state index in [1.54, 1.807) is 24.5 Å². The summed E-state index contributed by atoms with van der Waals surface area (Å²) in [4.78, 5) is 19.1. The van der Waals surface area contributed by atoms with Crippen LogP contribution in [0.2, 0.25) is 0 Å². The molecule has 0 radical (unpaired) electrons. The third kappa shape index (κ3) is 3.26. The van der Waals surface area contributed by atoms with Gasteiger partial charge >= 0.3 is 6.09 Å². The van der Waals surface area contributed by atoms with Crippen molar-refractivity contribution in [3.63, 3.8) is 0 Å². The van der Waals surface area contributed by atoms with Crippen LogP contribution in [-0.2, 0) is 10.0 Å². The Morgan fingerprint density at radius 3 is 2.35 bits per heavy atom. The predicted molar refractivity (Wildman–Crippen MR) is 90.6 cm³/mol. The summed E-state index contributed by atoms with van der Waals surface area (Å²) in [6, 6.07) is 9.03. The standard InChI is InChI=1S/C16H14N4O5S/c1-2-20(16(21)22)26(23,24)13-5-3-11(4-6-13)14-18-15(25-19-14)12-7-9-17-10-8-12/h3-10H,2H2,1H3,(H,21,22). The Kier molecular flexibility index (Phi) is 4.67. The fourth-order valence-electron chi connectivity index (χ4n) is 2.26. The number of hydrogen-bond acceptors (Lipinski definition) is 7. The molecule has 0 aliphatic rings. The average Bonchev–Trinajstić information content (AvgIpc) is 3.13. The Bertz CT molecular complexity index is 1020. The molecule has 10 heteroatoms. The molecule has 0 fully saturated rings. The summed E-state index contributed by atoms with van der Waals surface area (Å²) in [6.45, 7) is 1.26. The Morgan fingerprint density at radius 1 is 1.12 bits per heavy atom. The average molecular weight is 374 g/mol. The first-order chi connectivity index (χ1) is 12.4. The number of pyridine rings is 1. The number of benzene rings is 1. The van der Waals surface area contributed by atoms with Crippen LogP contribution in [0.25, 0.3) is 22.8 Å². The normalized spacial score (nSPS) is 11.3. The molecule has 2 heterocycles. The highest BCUT2D eigenvalue weighted by molar-refractivity contribution is 7.89. The third-order valence-corrected chi connectivity index (χ3v) is 5.42. The molecule has 9 nitrogen and oxygen atoms in total. The summed E-state index contributed by atoms with van der Waals surface area (Å²) >= 11 is 0. The van der Waals surface area contributed by atoms with Gasteiger partial charge in [0.25, 0.3) is 15.9 Å². The van der Waals surface area contributed by atoms with Crippen molar-refractivity contribution < 1.29 is 22.8 Å². The second kappa shape index (κ2) is 6.92. The number of sulfonamides is 1. The minimum atomic E-state index is -4.12. The van der Waals surface area contributed by atoms with Crippen LogP contribution in [0.15, 0.2) is 58.2 Å². The Balaban J connectivity index is 1.89. The minimum absolute atomic E-state index is 0.136. The Morgan fingerprint density at radius 2 is 1.77 bits per heavy atom. The van der Waals surface area contributed by atoms with Crippen molar-refractivity contribution >= 4 is 16.1 Å². The van der Waals surface area contributed by atoms with Crippen LogP contribution < -0.4 is 0 Å². The number of amides is 1. The molecule has 3 aromatic rings. The summed E-state index contributed by atoms with van der Waals surface area (Å²) < 4.78 is 30.2. The number of hydrogen-bond donors (Lipinski definition) is 1. The zero-order valence-electron chi connectivity index (χ0n) is 13.6. The SMILES string of the molecule is CCN(C(=O)O)S(=O)(=O)c1ccc(-c2noc(-c3ccncc3)n2)cc1. The fourth-order valence-corrected chi connectivity index (χ4v) is 3.54. The van der Waals surface area contributed by atoms with E-state index in [1.807, 2.05) is 0 Å². The van der Waals surface area contributed by atoms with E-state index in [4.69, 9.17) is 9.63 Å². The van der Waals surface area contributed by atoms with Crippen LogP contribution in [0.1, 0.15) is 6.92 Å². The predicted octanol–water partition coefficient (Wildman–Crippen LogP) is 2.49. The second-order valence-electron chi connectivity index (χ2n) is 5.14. The first kappa shape index (κ1) is 17.5. The molecular formula is C16H14N4O5S. The van der Waals surface area contributed by atoms with Gasteiger partial charge in [-0.25, -0.2) is 17.5 Å². The highest BCUT2D eigenvalue weighted by atomic mass is 32.2. The lowest BCUT2D eigenvalue weighted by Crippen LogP contribution is -2.35. The van der Waals surface area contributed by atoms with E-state index >= 15 is 0 Å². The Labute approximate surface area is 149 Å². The molecule has 134 valence electrons. The summed E-state index contributed by atoms with van der Waals surface area (Å²) in [5.74, 6) is 0.591. The van der Waals surface area contributed by atoms with Gasteiger partial charge in [-0.2, -0.15) is 4.98 Å². The molecule has 0 spiro atoms. The number of rotatable bonds is 5. The van der Waals surface area contributed by atoms with E-state index in [-0.39, 0.29) is 17.3 Å². The van der Waals surface area contributed by atoms with E-state index in [2.05, 4.69) is 15.1 Å². The summed E-state index contributed by atoms with van der Waals surface area (Å²) in [5, 5.41) is 12.9. The highest BCUT2D eigenvalue weighted by Crippen LogP contribution is 2.24. The number of nitrogens with zero attached hydrogens (tertiary/aromatic N) is 4. The largest absolute Gasteiger partial charge is 0.464 e. The van der Waals surface area contributed by atoms with Gasteiger partial charge in [0.1, 0.15) is 0 Å². The topological polar surface area (TPSA) is 126 Å². The number of carboxylic acid groups (broad SMARTS) is 1. The smallest absolute Gasteiger partial charge is 0.421 e. The first-order valence-corrected chi connectivity index (χ1v) is 8.97. The van der Waals surface area contributed by atoms with Gasteiger partial charge in [-0.1, -0.05) is 5.16 Å². The minimum Gasteiger partial charge on any atom is -0.464 e. The fraction of sp³-hybridized carbons (Fsp3) is 0.125. The molecule has 0 aliphatic carbocycles. The van der Waals surface area contributed by atoms with Crippen LogP contribution in [0, 0.1) is 0 Å². The van der Waals surface area contributed by atoms with Crippen molar-refractivity contribution in [3.8, 4) is 22.8 Å². The molecule has 0 unspecified atom stereocenters. The van der Waals surface area contributed by atoms with Gasteiger partial charge < -0.3 is 9.63 Å². The zero-order valence-corrected chi connectivity index (χ0v) is 14.4. The third-order valence-electron chi connectivity index (χ3n) is 3.55. The van der Waals surface area contributed by atoms with Gasteiger partial charge in [0.05, 0.1) is 4.90 Å². The lowest BCUT2D eigenvalue weighted by atomic mass is 10.2. The van der Waals surface area contributed by atoms with Gasteiger partial charge in [0, 0.05) is 30.1 Å². The molecule has 1 N–H and O–H groups in total. The van der Waals surface area contributed by atoms with Crippen LogP contribution in [0.4, 0.5) is 4.79 Å². The van der Waals surface area contributed by atoms with Crippen LogP contribution >= 0.6 is 0 Å². The van der Waals surface area contributed by atoms with Gasteiger partial charge in [0.15, 0.2) is 0 Å². The maximum Gasteiger partial charge on any atom is 0.421 e. The molecule has 1 aromatic carbocycles. The first-order valence-electron chi connectivity index (χ1n) is 7.53. The van der Waals surface area contributed by atoms with E-state index in [0.29, 0.717) is 21.3 Å². The van der Waals surface area contributed by atoms with Crippen molar-refractivity contribution in [2.75, 3.05) is 6.54 Å². The molecule has 0 atom stereocenters. The maximum atomic E-state index is 12.3.